The molecule has 0 spiro atoms. The molecule has 4 nitrogen and oxygen atoms in total. The standard InChI is InChI=1S/C13H14N4/c14-11-8-9-4-1-2-5-10(9)13(11)16-12-6-3-7-15-17-12/h1-7,11,13H,8,14H2,(H,16,17). The highest BCUT2D eigenvalue weighted by molar-refractivity contribution is 5.44. The van der Waals surface area contributed by atoms with E-state index in [0.717, 1.165) is 12.2 Å². The van der Waals surface area contributed by atoms with E-state index in [-0.39, 0.29) is 12.1 Å². The number of hydrogen-bond acceptors (Lipinski definition) is 4. The van der Waals surface area contributed by atoms with Crippen molar-refractivity contribution in [2.45, 2.75) is 18.5 Å². The van der Waals surface area contributed by atoms with Crippen LogP contribution in [0.4, 0.5) is 5.82 Å². The van der Waals surface area contributed by atoms with Crippen molar-refractivity contribution in [1.29, 1.82) is 0 Å². The first kappa shape index (κ1) is 10.2. The van der Waals surface area contributed by atoms with E-state index < -0.39 is 0 Å². The number of anilines is 1. The normalized spacial score (nSPS) is 22.2. The highest BCUT2D eigenvalue weighted by Crippen LogP contribution is 2.32. The number of hydrogen-bond donors (Lipinski definition) is 2. The number of aromatic nitrogens is 2. The van der Waals surface area contributed by atoms with Gasteiger partial charge in [0.15, 0.2) is 0 Å². The second-order valence-corrected chi connectivity index (χ2v) is 4.30. The zero-order chi connectivity index (χ0) is 11.7. The summed E-state index contributed by atoms with van der Waals surface area (Å²) in [5, 5.41) is 11.2. The number of fused-ring (bicyclic) bond motifs is 1. The first-order valence-electron chi connectivity index (χ1n) is 5.72. The minimum absolute atomic E-state index is 0.0920. The summed E-state index contributed by atoms with van der Waals surface area (Å²) in [6, 6.07) is 12.3. The highest BCUT2D eigenvalue weighted by Gasteiger charge is 2.29. The lowest BCUT2D eigenvalue weighted by Crippen LogP contribution is -2.30. The first-order valence-corrected chi connectivity index (χ1v) is 5.72. The van der Waals surface area contributed by atoms with Crippen LogP contribution in [-0.2, 0) is 6.42 Å². The predicted molar refractivity (Wildman–Crippen MR) is 66.5 cm³/mol. The maximum atomic E-state index is 6.17. The maximum absolute atomic E-state index is 6.17. The molecule has 0 aliphatic heterocycles. The largest absolute Gasteiger partial charge is 0.360 e. The minimum atomic E-state index is 0.0920. The second kappa shape index (κ2) is 4.14. The molecule has 1 aliphatic rings. The third kappa shape index (κ3) is 1.87. The van der Waals surface area contributed by atoms with Gasteiger partial charge in [0, 0.05) is 12.2 Å². The molecule has 2 unspecified atom stereocenters. The molecule has 2 aromatic rings. The molecule has 1 aromatic carbocycles. The highest BCUT2D eigenvalue weighted by atomic mass is 15.2. The Kier molecular flexibility index (Phi) is 2.49. The average Bonchev–Trinajstić information content (AvgIpc) is 2.68. The topological polar surface area (TPSA) is 63.8 Å². The Balaban J connectivity index is 1.89. The van der Waals surface area contributed by atoms with E-state index in [4.69, 9.17) is 5.73 Å². The van der Waals surface area contributed by atoms with E-state index in [0.29, 0.717) is 0 Å². The fourth-order valence-electron chi connectivity index (χ4n) is 2.35. The lowest BCUT2D eigenvalue weighted by Gasteiger charge is -2.18. The SMILES string of the molecule is NC1Cc2ccccc2C1Nc1cccnn1. The number of nitrogens with zero attached hydrogens (tertiary/aromatic N) is 2. The first-order chi connectivity index (χ1) is 8.34. The van der Waals surface area contributed by atoms with Crippen molar-refractivity contribution in [1.82, 2.24) is 10.2 Å². The van der Waals surface area contributed by atoms with E-state index in [1.54, 1.807) is 6.20 Å². The van der Waals surface area contributed by atoms with Crippen LogP contribution < -0.4 is 11.1 Å². The third-order valence-corrected chi connectivity index (χ3v) is 3.15. The van der Waals surface area contributed by atoms with Crippen molar-refractivity contribution in [3.8, 4) is 0 Å². The molecule has 1 heterocycles. The van der Waals surface area contributed by atoms with Gasteiger partial charge < -0.3 is 11.1 Å². The van der Waals surface area contributed by atoms with Gasteiger partial charge in [-0.3, -0.25) is 0 Å². The van der Waals surface area contributed by atoms with Gasteiger partial charge in [-0.25, -0.2) is 0 Å². The van der Waals surface area contributed by atoms with Crippen molar-refractivity contribution in [2.75, 3.05) is 5.32 Å². The number of nitrogens with one attached hydrogen (secondary N) is 1. The van der Waals surface area contributed by atoms with Gasteiger partial charge in [0.2, 0.25) is 0 Å². The van der Waals surface area contributed by atoms with Crippen molar-refractivity contribution >= 4 is 5.82 Å². The molecule has 17 heavy (non-hydrogen) atoms. The molecule has 0 bridgehead atoms. The summed E-state index contributed by atoms with van der Waals surface area (Å²) in [4.78, 5) is 0. The Bertz CT molecular complexity index is 512. The van der Waals surface area contributed by atoms with Crippen LogP contribution in [0, 0.1) is 0 Å². The summed E-state index contributed by atoms with van der Waals surface area (Å²) in [5.74, 6) is 0.768. The predicted octanol–water partition coefficient (Wildman–Crippen LogP) is 1.51. The lowest BCUT2D eigenvalue weighted by molar-refractivity contribution is 0.622. The van der Waals surface area contributed by atoms with Crippen LogP contribution in [0.2, 0.25) is 0 Å². The minimum Gasteiger partial charge on any atom is -0.360 e. The molecule has 0 fully saturated rings. The van der Waals surface area contributed by atoms with Gasteiger partial charge in [0.1, 0.15) is 5.82 Å². The second-order valence-electron chi connectivity index (χ2n) is 4.30. The summed E-state index contributed by atoms with van der Waals surface area (Å²) in [5.41, 5.74) is 8.76. The number of benzene rings is 1. The maximum Gasteiger partial charge on any atom is 0.149 e. The molecular weight excluding hydrogens is 212 g/mol. The van der Waals surface area contributed by atoms with Crippen LogP contribution in [0.5, 0.6) is 0 Å². The van der Waals surface area contributed by atoms with E-state index >= 15 is 0 Å². The van der Waals surface area contributed by atoms with Gasteiger partial charge in [0.25, 0.3) is 0 Å². The molecule has 0 amide bonds. The molecule has 3 rings (SSSR count). The fourth-order valence-corrected chi connectivity index (χ4v) is 2.35. The monoisotopic (exact) mass is 226 g/mol. The lowest BCUT2D eigenvalue weighted by atomic mass is 10.1. The molecule has 1 aliphatic carbocycles. The molecule has 0 radical (unpaired) electrons. The molecule has 1 aromatic heterocycles. The quantitative estimate of drug-likeness (QED) is 0.814. The average molecular weight is 226 g/mol. The van der Waals surface area contributed by atoms with Crippen LogP contribution in [0.25, 0.3) is 0 Å². The third-order valence-electron chi connectivity index (χ3n) is 3.15. The molecule has 86 valence electrons. The summed E-state index contributed by atoms with van der Waals surface area (Å²) in [6.45, 7) is 0. The van der Waals surface area contributed by atoms with E-state index in [1.165, 1.54) is 11.1 Å². The number of rotatable bonds is 2. The van der Waals surface area contributed by atoms with Gasteiger partial charge >= 0.3 is 0 Å². The fraction of sp³-hybridized carbons (Fsp3) is 0.231. The van der Waals surface area contributed by atoms with Crippen molar-refractivity contribution in [3.63, 3.8) is 0 Å². The van der Waals surface area contributed by atoms with Gasteiger partial charge in [-0.1, -0.05) is 24.3 Å². The molecule has 2 atom stereocenters. The van der Waals surface area contributed by atoms with Crippen molar-refractivity contribution in [2.24, 2.45) is 5.73 Å². The Labute approximate surface area is 99.9 Å². The van der Waals surface area contributed by atoms with Crippen LogP contribution in [0.15, 0.2) is 42.6 Å². The van der Waals surface area contributed by atoms with Crippen molar-refractivity contribution < 1.29 is 0 Å². The zero-order valence-corrected chi connectivity index (χ0v) is 9.38. The summed E-state index contributed by atoms with van der Waals surface area (Å²) in [6.07, 6.45) is 2.57. The molecule has 0 saturated heterocycles. The van der Waals surface area contributed by atoms with Gasteiger partial charge in [-0.05, 0) is 29.7 Å². The van der Waals surface area contributed by atoms with E-state index in [2.05, 4.69) is 33.7 Å². The Morgan fingerprint density at radius 3 is 2.88 bits per heavy atom. The van der Waals surface area contributed by atoms with Crippen LogP contribution in [-0.4, -0.2) is 16.2 Å². The van der Waals surface area contributed by atoms with E-state index in [1.807, 2.05) is 18.2 Å². The Morgan fingerprint density at radius 2 is 2.06 bits per heavy atom. The van der Waals surface area contributed by atoms with E-state index in [9.17, 15) is 0 Å². The Morgan fingerprint density at radius 1 is 1.18 bits per heavy atom. The van der Waals surface area contributed by atoms with Crippen LogP contribution in [0.3, 0.4) is 0 Å². The Hall–Kier alpha value is -1.94. The van der Waals surface area contributed by atoms with Gasteiger partial charge in [-0.15, -0.1) is 5.10 Å². The number of nitrogens with two attached hydrogens (primary N) is 1. The smallest absolute Gasteiger partial charge is 0.149 e. The van der Waals surface area contributed by atoms with Crippen LogP contribution >= 0.6 is 0 Å². The van der Waals surface area contributed by atoms with Crippen molar-refractivity contribution in [3.05, 3.63) is 53.7 Å². The summed E-state index contributed by atoms with van der Waals surface area (Å²) in [7, 11) is 0. The molecule has 4 heteroatoms. The molecular formula is C13H14N4. The van der Waals surface area contributed by atoms with Crippen LogP contribution in [0.1, 0.15) is 17.2 Å². The summed E-state index contributed by atoms with van der Waals surface area (Å²) < 4.78 is 0. The molecule has 3 N–H and O–H groups in total. The zero-order valence-electron chi connectivity index (χ0n) is 9.38. The van der Waals surface area contributed by atoms with Gasteiger partial charge in [-0.2, -0.15) is 5.10 Å². The molecule has 0 saturated carbocycles. The summed E-state index contributed by atoms with van der Waals surface area (Å²) >= 11 is 0. The van der Waals surface area contributed by atoms with Gasteiger partial charge in [0.05, 0.1) is 6.04 Å².